The van der Waals surface area contributed by atoms with E-state index in [1.807, 2.05) is 0 Å². The van der Waals surface area contributed by atoms with Crippen molar-refractivity contribution in [2.24, 2.45) is 0 Å². The molecule has 0 aliphatic rings. The minimum Gasteiger partial charge on any atom is -0.456 e. The normalized spacial score (nSPS) is 11.2. The Kier molecular flexibility index (Phi) is 3.68. The number of rotatable bonds is 3. The van der Waals surface area contributed by atoms with Gasteiger partial charge in [-0.3, -0.25) is 4.98 Å². The molecular weight excluding hydrogens is 318 g/mol. The van der Waals surface area contributed by atoms with Crippen LogP contribution >= 0.6 is 15.9 Å². The van der Waals surface area contributed by atoms with Crippen LogP contribution in [0.15, 0.2) is 52.1 Å². The fraction of sp³-hybridized carbons (Fsp3) is 0.0833. The number of aromatic nitrogens is 1. The van der Waals surface area contributed by atoms with Gasteiger partial charge in [-0.1, -0.05) is 0 Å². The molecule has 0 saturated heterocycles. The summed E-state index contributed by atoms with van der Waals surface area (Å²) in [6.07, 6.45) is 4.40. The highest BCUT2D eigenvalue weighted by atomic mass is 79.9. The molecular formula is C12H10BrNO3S. The summed E-state index contributed by atoms with van der Waals surface area (Å²) < 4.78 is 28.9. The van der Waals surface area contributed by atoms with E-state index in [1.54, 1.807) is 30.6 Å². The molecule has 0 aliphatic heterocycles. The van der Waals surface area contributed by atoms with Gasteiger partial charge < -0.3 is 4.74 Å². The van der Waals surface area contributed by atoms with E-state index in [0.717, 1.165) is 4.47 Å². The van der Waals surface area contributed by atoms with Crippen molar-refractivity contribution in [3.8, 4) is 11.5 Å². The molecule has 18 heavy (non-hydrogen) atoms. The van der Waals surface area contributed by atoms with Gasteiger partial charge in [-0.05, 0) is 46.3 Å². The smallest absolute Gasteiger partial charge is 0.175 e. The minimum atomic E-state index is -3.17. The summed E-state index contributed by atoms with van der Waals surface area (Å²) >= 11 is 3.29. The molecule has 4 nitrogen and oxygen atoms in total. The van der Waals surface area contributed by atoms with Crippen molar-refractivity contribution in [2.45, 2.75) is 4.90 Å². The van der Waals surface area contributed by atoms with Crippen molar-refractivity contribution in [1.29, 1.82) is 0 Å². The molecule has 0 saturated carbocycles. The van der Waals surface area contributed by atoms with Gasteiger partial charge in [-0.25, -0.2) is 8.42 Å². The third kappa shape index (κ3) is 3.30. The number of benzene rings is 1. The summed E-state index contributed by atoms with van der Waals surface area (Å²) in [5.41, 5.74) is 0. The van der Waals surface area contributed by atoms with Gasteiger partial charge in [0.15, 0.2) is 9.84 Å². The fourth-order valence-electron chi connectivity index (χ4n) is 1.34. The highest BCUT2D eigenvalue weighted by Crippen LogP contribution is 2.24. The fourth-order valence-corrected chi connectivity index (χ4v) is 2.31. The number of nitrogens with zero attached hydrogens (tertiary/aromatic N) is 1. The maximum Gasteiger partial charge on any atom is 0.175 e. The van der Waals surface area contributed by atoms with Gasteiger partial charge in [0.2, 0.25) is 0 Å². The molecule has 94 valence electrons. The van der Waals surface area contributed by atoms with Gasteiger partial charge in [-0.2, -0.15) is 0 Å². The van der Waals surface area contributed by atoms with E-state index >= 15 is 0 Å². The van der Waals surface area contributed by atoms with Gasteiger partial charge in [-0.15, -0.1) is 0 Å². The standard InChI is InChI=1S/C12H10BrNO3S/c1-18(15,16)12-4-2-10(3-5-12)17-11-6-9(13)7-14-8-11/h2-8H,1H3. The number of sulfone groups is 1. The molecule has 1 aromatic carbocycles. The van der Waals surface area contributed by atoms with Crippen LogP contribution in [-0.4, -0.2) is 19.7 Å². The lowest BCUT2D eigenvalue weighted by Gasteiger charge is -2.06. The van der Waals surface area contributed by atoms with Crippen LogP contribution in [-0.2, 0) is 9.84 Å². The predicted molar refractivity (Wildman–Crippen MR) is 71.6 cm³/mol. The molecule has 0 spiro atoms. The molecule has 0 amide bonds. The van der Waals surface area contributed by atoms with Gasteiger partial charge in [0, 0.05) is 16.9 Å². The Bertz CT molecular complexity index is 653. The number of ether oxygens (including phenoxy) is 1. The lowest BCUT2D eigenvalue weighted by atomic mass is 10.3. The average molecular weight is 328 g/mol. The van der Waals surface area contributed by atoms with Crippen LogP contribution in [0.2, 0.25) is 0 Å². The van der Waals surface area contributed by atoms with Gasteiger partial charge in [0.05, 0.1) is 11.1 Å². The Morgan fingerprint density at radius 1 is 1.11 bits per heavy atom. The molecule has 0 atom stereocenters. The minimum absolute atomic E-state index is 0.266. The zero-order chi connectivity index (χ0) is 13.2. The molecule has 0 bridgehead atoms. The lowest BCUT2D eigenvalue weighted by Crippen LogP contribution is -1.96. The van der Waals surface area contributed by atoms with E-state index < -0.39 is 9.84 Å². The molecule has 2 aromatic rings. The Labute approximate surface area is 114 Å². The summed E-state index contributed by atoms with van der Waals surface area (Å²) in [7, 11) is -3.17. The maximum absolute atomic E-state index is 11.3. The second-order valence-corrected chi connectivity index (χ2v) is 6.62. The summed E-state index contributed by atoms with van der Waals surface area (Å²) in [5.74, 6) is 1.14. The van der Waals surface area contributed by atoms with Crippen LogP contribution in [0.3, 0.4) is 0 Å². The third-order valence-electron chi connectivity index (χ3n) is 2.17. The highest BCUT2D eigenvalue weighted by molar-refractivity contribution is 9.10. The van der Waals surface area contributed by atoms with Crippen LogP contribution < -0.4 is 4.74 Å². The molecule has 1 aromatic heterocycles. The molecule has 0 N–H and O–H groups in total. The monoisotopic (exact) mass is 327 g/mol. The second kappa shape index (κ2) is 5.07. The van der Waals surface area contributed by atoms with E-state index in [2.05, 4.69) is 20.9 Å². The predicted octanol–water partition coefficient (Wildman–Crippen LogP) is 3.04. The van der Waals surface area contributed by atoms with Crippen molar-refractivity contribution in [3.05, 3.63) is 47.2 Å². The van der Waals surface area contributed by atoms with Crippen LogP contribution in [0.25, 0.3) is 0 Å². The van der Waals surface area contributed by atoms with Crippen molar-refractivity contribution < 1.29 is 13.2 Å². The van der Waals surface area contributed by atoms with Crippen molar-refractivity contribution in [1.82, 2.24) is 4.98 Å². The van der Waals surface area contributed by atoms with Crippen LogP contribution in [0.5, 0.6) is 11.5 Å². The van der Waals surface area contributed by atoms with Gasteiger partial charge >= 0.3 is 0 Å². The van der Waals surface area contributed by atoms with Gasteiger partial charge in [0.1, 0.15) is 11.5 Å². The Morgan fingerprint density at radius 2 is 1.78 bits per heavy atom. The van der Waals surface area contributed by atoms with E-state index in [-0.39, 0.29) is 4.90 Å². The van der Waals surface area contributed by atoms with Crippen molar-refractivity contribution in [2.75, 3.05) is 6.26 Å². The van der Waals surface area contributed by atoms with Crippen LogP contribution in [0.1, 0.15) is 0 Å². The Hall–Kier alpha value is -1.40. The van der Waals surface area contributed by atoms with E-state index in [1.165, 1.54) is 18.4 Å². The lowest BCUT2D eigenvalue weighted by molar-refractivity contribution is 0.479. The number of hydrogen-bond acceptors (Lipinski definition) is 4. The zero-order valence-corrected chi connectivity index (χ0v) is 11.9. The summed E-state index contributed by atoms with van der Waals surface area (Å²) in [4.78, 5) is 4.24. The summed E-state index contributed by atoms with van der Waals surface area (Å²) in [5, 5.41) is 0. The molecule has 0 fully saturated rings. The van der Waals surface area contributed by atoms with E-state index in [0.29, 0.717) is 11.5 Å². The Morgan fingerprint density at radius 3 is 2.33 bits per heavy atom. The van der Waals surface area contributed by atoms with E-state index in [4.69, 9.17) is 4.74 Å². The van der Waals surface area contributed by atoms with Crippen LogP contribution in [0.4, 0.5) is 0 Å². The first-order chi connectivity index (χ1) is 8.45. The second-order valence-electron chi connectivity index (χ2n) is 3.68. The number of halogens is 1. The SMILES string of the molecule is CS(=O)(=O)c1ccc(Oc2cncc(Br)c2)cc1. The van der Waals surface area contributed by atoms with Gasteiger partial charge in [0.25, 0.3) is 0 Å². The summed E-state index contributed by atoms with van der Waals surface area (Å²) in [6, 6.07) is 8.01. The molecule has 1 heterocycles. The van der Waals surface area contributed by atoms with Crippen LogP contribution in [0, 0.1) is 0 Å². The first kappa shape index (κ1) is 13.0. The molecule has 2 rings (SSSR count). The third-order valence-corrected chi connectivity index (χ3v) is 3.73. The van der Waals surface area contributed by atoms with Crippen molar-refractivity contribution in [3.63, 3.8) is 0 Å². The number of pyridine rings is 1. The zero-order valence-electron chi connectivity index (χ0n) is 9.50. The molecule has 6 heteroatoms. The molecule has 0 radical (unpaired) electrons. The molecule has 0 aliphatic carbocycles. The Balaban J connectivity index is 2.21. The quantitative estimate of drug-likeness (QED) is 0.869. The first-order valence-electron chi connectivity index (χ1n) is 5.04. The average Bonchev–Trinajstić information content (AvgIpc) is 2.28. The molecule has 0 unspecified atom stereocenters. The topological polar surface area (TPSA) is 56.3 Å². The first-order valence-corrected chi connectivity index (χ1v) is 7.72. The number of hydrogen-bond donors (Lipinski definition) is 0. The van der Waals surface area contributed by atoms with Crippen molar-refractivity contribution >= 4 is 25.8 Å². The highest BCUT2D eigenvalue weighted by Gasteiger charge is 2.06. The largest absolute Gasteiger partial charge is 0.456 e. The summed E-state index contributed by atoms with van der Waals surface area (Å²) in [6.45, 7) is 0. The maximum atomic E-state index is 11.3. The van der Waals surface area contributed by atoms with E-state index in [9.17, 15) is 8.42 Å².